The van der Waals surface area contributed by atoms with Gasteiger partial charge in [0, 0.05) is 12.0 Å². The Balaban J connectivity index is 1.41. The zero-order valence-corrected chi connectivity index (χ0v) is 13.5. The van der Waals surface area contributed by atoms with E-state index in [9.17, 15) is 0 Å². The Bertz CT molecular complexity index is 823. The van der Waals surface area contributed by atoms with Gasteiger partial charge in [-0.3, -0.25) is 0 Å². The largest absolute Gasteiger partial charge is 0.311 e. The monoisotopic (exact) mass is 318 g/mol. The van der Waals surface area contributed by atoms with E-state index in [2.05, 4.69) is 51.8 Å². The van der Waals surface area contributed by atoms with Crippen LogP contribution in [0.3, 0.4) is 0 Å². The summed E-state index contributed by atoms with van der Waals surface area (Å²) in [7, 11) is 0. The molecule has 0 spiro atoms. The van der Waals surface area contributed by atoms with Gasteiger partial charge in [0.15, 0.2) is 6.67 Å². The highest BCUT2D eigenvalue weighted by Crippen LogP contribution is 2.17. The fourth-order valence-corrected chi connectivity index (χ4v) is 3.05. The Labute approximate surface area is 141 Å². The van der Waals surface area contributed by atoms with E-state index in [1.165, 1.54) is 16.0 Å². The first-order valence-corrected chi connectivity index (χ1v) is 8.30. The van der Waals surface area contributed by atoms with Crippen LogP contribution in [-0.4, -0.2) is 33.3 Å². The molecule has 5 heteroatoms. The molecule has 1 aliphatic heterocycles. The molecule has 0 amide bonds. The second kappa shape index (κ2) is 6.76. The number of hydrogen-bond donors (Lipinski definition) is 1. The van der Waals surface area contributed by atoms with Gasteiger partial charge >= 0.3 is 0 Å². The highest BCUT2D eigenvalue weighted by atomic mass is 15.6. The molecule has 1 N–H and O–H groups in total. The topological polar surface area (TPSA) is 48.0 Å². The summed E-state index contributed by atoms with van der Waals surface area (Å²) >= 11 is 0. The third kappa shape index (κ3) is 3.26. The maximum Gasteiger partial charge on any atom is 0.205 e. The van der Waals surface area contributed by atoms with Gasteiger partial charge in [0.1, 0.15) is 0 Å². The molecule has 2 aromatic carbocycles. The summed E-state index contributed by atoms with van der Waals surface area (Å²) in [5, 5.41) is 12.9. The fourth-order valence-electron chi connectivity index (χ4n) is 3.05. The Morgan fingerprint density at radius 3 is 2.29 bits per heavy atom. The molecule has 1 atom stereocenters. The van der Waals surface area contributed by atoms with E-state index in [1.807, 2.05) is 30.3 Å². The Kier molecular flexibility index (Phi) is 4.16. The first-order chi connectivity index (χ1) is 11.9. The molecule has 1 unspecified atom stereocenters. The number of nitrogens with one attached hydrogen (secondary N) is 1. The Hall–Kier alpha value is -2.79. The predicted molar refractivity (Wildman–Crippen MR) is 93.0 cm³/mol. The minimum Gasteiger partial charge on any atom is -0.311 e. The summed E-state index contributed by atoms with van der Waals surface area (Å²) in [6.45, 7) is 2.83. The van der Waals surface area contributed by atoms with Crippen LogP contribution in [-0.2, 0) is 6.67 Å². The quantitative estimate of drug-likeness (QED) is 0.796. The molecular formula is C19H20N5+. The van der Waals surface area contributed by atoms with Crippen molar-refractivity contribution >= 4 is 5.57 Å². The van der Waals surface area contributed by atoms with Crippen molar-refractivity contribution in [3.05, 3.63) is 72.3 Å². The van der Waals surface area contributed by atoms with Crippen molar-refractivity contribution in [2.75, 3.05) is 13.1 Å². The lowest BCUT2D eigenvalue weighted by Crippen LogP contribution is -3.11. The summed E-state index contributed by atoms with van der Waals surface area (Å²) in [6.07, 6.45) is 3.42. The summed E-state index contributed by atoms with van der Waals surface area (Å²) in [5.41, 5.74) is 3.78. The normalized spacial score (nSPS) is 17.5. The van der Waals surface area contributed by atoms with Gasteiger partial charge in [-0.1, -0.05) is 60.7 Å². The van der Waals surface area contributed by atoms with E-state index in [-0.39, 0.29) is 0 Å². The molecule has 0 radical (unpaired) electrons. The molecule has 5 nitrogen and oxygen atoms in total. The fraction of sp³-hybridized carbons (Fsp3) is 0.211. The highest BCUT2D eigenvalue weighted by Gasteiger charge is 2.17. The second-order valence-corrected chi connectivity index (χ2v) is 6.06. The molecule has 0 saturated carbocycles. The second-order valence-electron chi connectivity index (χ2n) is 6.06. The summed E-state index contributed by atoms with van der Waals surface area (Å²) < 4.78 is 0. The summed E-state index contributed by atoms with van der Waals surface area (Å²) in [6, 6.07) is 20.6. The molecule has 1 aliphatic rings. The van der Waals surface area contributed by atoms with Crippen LogP contribution in [0.2, 0.25) is 0 Å². The molecule has 1 aromatic heterocycles. The van der Waals surface area contributed by atoms with Gasteiger partial charge in [0.05, 0.1) is 13.1 Å². The van der Waals surface area contributed by atoms with Crippen molar-refractivity contribution in [2.45, 2.75) is 13.1 Å². The van der Waals surface area contributed by atoms with Crippen LogP contribution < -0.4 is 4.90 Å². The number of benzene rings is 2. The predicted octanol–water partition coefficient (Wildman–Crippen LogP) is 1.67. The third-order valence-corrected chi connectivity index (χ3v) is 4.38. The molecule has 0 saturated heterocycles. The van der Waals surface area contributed by atoms with Gasteiger partial charge in [-0.05, 0) is 22.4 Å². The average Bonchev–Trinajstić information content (AvgIpc) is 3.12. The molecule has 0 bridgehead atoms. The SMILES string of the molecule is C1=C(c2ccccc2)CC[NH+](Cn2nnc(-c3ccccc3)n2)C1. The van der Waals surface area contributed by atoms with Crippen molar-refractivity contribution in [1.29, 1.82) is 0 Å². The van der Waals surface area contributed by atoms with E-state index in [0.717, 1.165) is 31.7 Å². The number of rotatable bonds is 4. The van der Waals surface area contributed by atoms with Crippen molar-refractivity contribution in [3.63, 3.8) is 0 Å². The highest BCUT2D eigenvalue weighted by molar-refractivity contribution is 5.65. The van der Waals surface area contributed by atoms with Gasteiger partial charge in [-0.15, -0.1) is 15.0 Å². The van der Waals surface area contributed by atoms with Gasteiger partial charge in [-0.25, -0.2) is 0 Å². The minimum absolute atomic E-state index is 0.688. The molecule has 120 valence electrons. The molecule has 4 rings (SSSR count). The summed E-state index contributed by atoms with van der Waals surface area (Å²) in [4.78, 5) is 3.16. The third-order valence-electron chi connectivity index (χ3n) is 4.38. The lowest BCUT2D eigenvalue weighted by atomic mass is 10.00. The maximum absolute atomic E-state index is 4.50. The number of hydrogen-bond acceptors (Lipinski definition) is 3. The molecular weight excluding hydrogens is 298 g/mol. The lowest BCUT2D eigenvalue weighted by molar-refractivity contribution is -0.919. The van der Waals surface area contributed by atoms with Crippen LogP contribution in [0.1, 0.15) is 12.0 Å². The number of quaternary nitrogens is 1. The standard InChI is InChI=1S/C19H19N5/c1-3-7-16(8-4-1)17-11-13-23(14-12-17)15-24-21-19(20-22-24)18-9-5-2-6-10-18/h1-11H,12-15H2/p+1. The van der Waals surface area contributed by atoms with E-state index in [1.54, 1.807) is 4.80 Å². The van der Waals surface area contributed by atoms with E-state index in [4.69, 9.17) is 0 Å². The van der Waals surface area contributed by atoms with Crippen LogP contribution in [0, 0.1) is 0 Å². The van der Waals surface area contributed by atoms with Crippen LogP contribution >= 0.6 is 0 Å². The zero-order chi connectivity index (χ0) is 16.2. The van der Waals surface area contributed by atoms with Crippen molar-refractivity contribution in [1.82, 2.24) is 20.2 Å². The molecule has 0 fully saturated rings. The molecule has 24 heavy (non-hydrogen) atoms. The lowest BCUT2D eigenvalue weighted by Gasteiger charge is -2.22. The molecule has 3 aromatic rings. The Morgan fingerprint density at radius 2 is 1.62 bits per heavy atom. The van der Waals surface area contributed by atoms with Crippen molar-refractivity contribution in [3.8, 4) is 11.4 Å². The van der Waals surface area contributed by atoms with Gasteiger partial charge in [-0.2, -0.15) is 0 Å². The van der Waals surface area contributed by atoms with Crippen LogP contribution in [0.4, 0.5) is 0 Å². The first-order valence-electron chi connectivity index (χ1n) is 8.30. The minimum atomic E-state index is 0.688. The van der Waals surface area contributed by atoms with E-state index >= 15 is 0 Å². The van der Waals surface area contributed by atoms with Crippen molar-refractivity contribution in [2.24, 2.45) is 0 Å². The maximum atomic E-state index is 4.50. The van der Waals surface area contributed by atoms with E-state index < -0.39 is 0 Å². The van der Waals surface area contributed by atoms with Gasteiger partial charge < -0.3 is 4.90 Å². The number of nitrogens with zero attached hydrogens (tertiary/aromatic N) is 4. The summed E-state index contributed by atoms with van der Waals surface area (Å²) in [5.74, 6) is 0.688. The molecule has 0 aliphatic carbocycles. The van der Waals surface area contributed by atoms with Crippen LogP contribution in [0.5, 0.6) is 0 Å². The van der Waals surface area contributed by atoms with Gasteiger partial charge in [0.25, 0.3) is 0 Å². The Morgan fingerprint density at radius 1 is 0.917 bits per heavy atom. The van der Waals surface area contributed by atoms with Crippen LogP contribution in [0.15, 0.2) is 66.7 Å². The zero-order valence-electron chi connectivity index (χ0n) is 13.5. The van der Waals surface area contributed by atoms with Gasteiger partial charge in [0.2, 0.25) is 5.82 Å². The average molecular weight is 318 g/mol. The number of tetrazole rings is 1. The smallest absolute Gasteiger partial charge is 0.205 e. The number of aromatic nitrogens is 4. The van der Waals surface area contributed by atoms with Crippen molar-refractivity contribution < 1.29 is 4.90 Å². The van der Waals surface area contributed by atoms with E-state index in [0.29, 0.717) is 5.82 Å². The van der Waals surface area contributed by atoms with Crippen LogP contribution in [0.25, 0.3) is 17.0 Å². The molecule has 2 heterocycles. The first kappa shape index (κ1) is 14.8.